The van der Waals surface area contributed by atoms with Gasteiger partial charge in [0, 0.05) is 10.6 Å². The monoisotopic (exact) mass is 380 g/mol. The van der Waals surface area contributed by atoms with E-state index in [2.05, 4.69) is 0 Å². The summed E-state index contributed by atoms with van der Waals surface area (Å²) in [6, 6.07) is 7.43. The van der Waals surface area contributed by atoms with E-state index in [-0.39, 0.29) is 27.9 Å². The van der Waals surface area contributed by atoms with Crippen LogP contribution in [0.2, 0.25) is 10.0 Å². The third-order valence-corrected chi connectivity index (χ3v) is 3.89. The molecule has 0 N–H and O–H groups in total. The number of benzene rings is 2. The first-order valence-electron chi connectivity index (χ1n) is 7.42. The van der Waals surface area contributed by atoms with E-state index in [1.165, 1.54) is 30.3 Å². The van der Waals surface area contributed by atoms with E-state index >= 15 is 0 Å². The molecule has 130 valence electrons. The summed E-state index contributed by atoms with van der Waals surface area (Å²) < 4.78 is 15.1. The van der Waals surface area contributed by atoms with Crippen LogP contribution in [0.25, 0.3) is 11.2 Å². The second kappa shape index (κ2) is 6.24. The van der Waals surface area contributed by atoms with Crippen LogP contribution in [-0.2, 0) is 4.74 Å². The highest BCUT2D eigenvalue weighted by Gasteiger charge is 2.27. The van der Waals surface area contributed by atoms with Crippen molar-refractivity contribution in [3.63, 3.8) is 0 Å². The number of carbonyl (C=O) groups excluding carboxylic acids is 2. The number of halogens is 2. The van der Waals surface area contributed by atoms with Gasteiger partial charge in [-0.3, -0.25) is 13.9 Å². The highest BCUT2D eigenvalue weighted by Crippen LogP contribution is 2.32. The molecule has 0 aliphatic rings. The van der Waals surface area contributed by atoms with Crippen molar-refractivity contribution in [1.29, 1.82) is 0 Å². The first-order chi connectivity index (χ1) is 11.7. The van der Waals surface area contributed by atoms with Crippen molar-refractivity contribution in [3.05, 3.63) is 57.1 Å². The van der Waals surface area contributed by atoms with Crippen LogP contribution in [0.4, 0.5) is 0 Å². The number of hydrogen-bond acceptors (Lipinski definition) is 5. The number of esters is 1. The van der Waals surface area contributed by atoms with Gasteiger partial charge in [0.2, 0.25) is 11.2 Å². The average Bonchev–Trinajstić information content (AvgIpc) is 2.46. The fourth-order valence-electron chi connectivity index (χ4n) is 2.29. The van der Waals surface area contributed by atoms with Crippen LogP contribution in [0.15, 0.2) is 39.5 Å². The summed E-state index contributed by atoms with van der Waals surface area (Å²) in [6.07, 6.45) is 0. The zero-order chi connectivity index (χ0) is 18.4. The molecule has 5 nitrogen and oxygen atoms in total. The molecule has 0 fully saturated rings. The molecule has 3 rings (SSSR count). The van der Waals surface area contributed by atoms with E-state index < -0.39 is 17.4 Å². The molecule has 0 atom stereocenters. The molecule has 0 saturated heterocycles. The molecule has 0 unspecified atom stereocenters. The molecule has 0 saturated carbocycles. The third kappa shape index (κ3) is 3.43. The molecule has 0 aliphatic heterocycles. The lowest BCUT2D eigenvalue weighted by Crippen LogP contribution is -2.25. The Hall–Kier alpha value is -2.24. The van der Waals surface area contributed by atoms with Gasteiger partial charge >= 0.3 is 5.97 Å². The van der Waals surface area contributed by atoms with E-state index in [0.717, 1.165) is 0 Å². The van der Waals surface area contributed by atoms with Gasteiger partial charge in [-0.15, -0.1) is 0 Å². The van der Waals surface area contributed by atoms with Gasteiger partial charge in [-0.2, -0.15) is 0 Å². The first-order valence-corrected chi connectivity index (χ1v) is 8.17. The molecule has 0 bridgehead atoms. The van der Waals surface area contributed by atoms with Crippen LogP contribution >= 0.6 is 23.2 Å². The Balaban J connectivity index is 2.08. The summed E-state index contributed by atoms with van der Waals surface area (Å²) in [5, 5.41) is 0.650. The maximum absolute atomic E-state index is 13.0. The van der Waals surface area contributed by atoms with Gasteiger partial charge < -0.3 is 4.74 Å². The fourth-order valence-corrected chi connectivity index (χ4v) is 2.64. The van der Waals surface area contributed by atoms with Crippen LogP contribution < -0.4 is 0 Å². The molecular formula is C18H14Cl2O5. The molecule has 2 aromatic carbocycles. The molecule has 25 heavy (non-hydrogen) atoms. The largest absolute Gasteiger partial charge is 0.456 e. The zero-order valence-corrected chi connectivity index (χ0v) is 15.2. The van der Waals surface area contributed by atoms with E-state index in [9.17, 15) is 9.59 Å². The highest BCUT2D eigenvalue weighted by molar-refractivity contribution is 6.35. The van der Waals surface area contributed by atoms with Gasteiger partial charge in [-0.25, -0.2) is 4.79 Å². The van der Waals surface area contributed by atoms with E-state index in [0.29, 0.717) is 10.0 Å². The van der Waals surface area contributed by atoms with Crippen LogP contribution in [0.1, 0.15) is 47.1 Å². The second-order valence-corrected chi connectivity index (χ2v) is 7.28. The Morgan fingerprint density at radius 3 is 2.16 bits per heavy atom. The molecule has 1 aromatic heterocycles. The zero-order valence-electron chi connectivity index (χ0n) is 13.7. The van der Waals surface area contributed by atoms with Crippen molar-refractivity contribution in [2.24, 2.45) is 0 Å². The summed E-state index contributed by atoms with van der Waals surface area (Å²) in [4.78, 5) is 25.4. The molecular weight excluding hydrogens is 367 g/mol. The normalized spacial score (nSPS) is 11.7. The van der Waals surface area contributed by atoms with Crippen LogP contribution in [0.5, 0.6) is 0 Å². The van der Waals surface area contributed by atoms with Gasteiger partial charge in [0.05, 0.1) is 16.1 Å². The molecule has 0 amide bonds. The number of hydrogen-bond donors (Lipinski definition) is 0. The Kier molecular flexibility index (Phi) is 4.39. The minimum absolute atomic E-state index is 0.113. The van der Waals surface area contributed by atoms with Gasteiger partial charge in [0.1, 0.15) is 5.60 Å². The molecule has 0 spiro atoms. The van der Waals surface area contributed by atoms with Crippen molar-refractivity contribution in [2.75, 3.05) is 0 Å². The minimum atomic E-state index is -0.696. The summed E-state index contributed by atoms with van der Waals surface area (Å²) >= 11 is 12.0. The number of carbonyl (C=O) groups is 2. The Bertz CT molecular complexity index is 975. The van der Waals surface area contributed by atoms with Gasteiger partial charge in [-0.05, 0) is 51.1 Å². The average molecular weight is 381 g/mol. The summed E-state index contributed by atoms with van der Waals surface area (Å²) in [6.45, 7) is 5.24. The second-order valence-electron chi connectivity index (χ2n) is 6.44. The highest BCUT2D eigenvalue weighted by atomic mass is 35.5. The number of ether oxygens (including phenoxy) is 1. The van der Waals surface area contributed by atoms with Crippen molar-refractivity contribution in [2.45, 2.75) is 26.4 Å². The van der Waals surface area contributed by atoms with Crippen LogP contribution in [0, 0.1) is 0 Å². The predicted octanol–water partition coefficient (Wildman–Crippen LogP) is 5.52. The summed E-state index contributed by atoms with van der Waals surface area (Å²) in [7, 11) is 0. The Labute approximate surface area is 153 Å². The lowest BCUT2D eigenvalue weighted by Gasteiger charge is -2.20. The third-order valence-electron chi connectivity index (χ3n) is 3.36. The lowest BCUT2D eigenvalue weighted by atomic mass is 9.97. The maximum atomic E-state index is 13.0. The molecule has 1 heterocycles. The van der Waals surface area contributed by atoms with Gasteiger partial charge in [0.15, 0.2) is 5.78 Å². The maximum Gasteiger partial charge on any atom is 0.339 e. The fraction of sp³-hybridized carbons (Fsp3) is 0.222. The topological polar surface area (TPSA) is 69.7 Å². The predicted molar refractivity (Wildman–Crippen MR) is 93.5 cm³/mol. The summed E-state index contributed by atoms with van der Waals surface area (Å²) in [5.74, 6) is -1.06. The Morgan fingerprint density at radius 2 is 1.56 bits per heavy atom. The lowest BCUT2D eigenvalue weighted by molar-refractivity contribution is 0.00679. The molecule has 3 aromatic rings. The van der Waals surface area contributed by atoms with Gasteiger partial charge in [-0.1, -0.05) is 23.2 Å². The first kappa shape index (κ1) is 17.6. The van der Waals surface area contributed by atoms with E-state index in [4.69, 9.17) is 37.1 Å². The smallest absolute Gasteiger partial charge is 0.339 e. The number of fused-ring (bicyclic) bond motifs is 1. The molecule has 0 aliphatic carbocycles. The van der Waals surface area contributed by atoms with Crippen LogP contribution in [-0.4, -0.2) is 17.4 Å². The number of rotatable bonds is 3. The van der Waals surface area contributed by atoms with Crippen molar-refractivity contribution < 1.29 is 23.5 Å². The molecule has 7 heteroatoms. The van der Waals surface area contributed by atoms with Crippen molar-refractivity contribution >= 4 is 46.1 Å². The number of ketones is 1. The van der Waals surface area contributed by atoms with E-state index in [1.807, 2.05) is 0 Å². The Morgan fingerprint density at radius 1 is 0.920 bits per heavy atom. The minimum Gasteiger partial charge on any atom is -0.456 e. The summed E-state index contributed by atoms with van der Waals surface area (Å²) in [5.41, 5.74) is 0.270. The van der Waals surface area contributed by atoms with Crippen molar-refractivity contribution in [1.82, 2.24) is 0 Å². The quantitative estimate of drug-likeness (QED) is 0.340. The van der Waals surface area contributed by atoms with Crippen molar-refractivity contribution in [3.8, 4) is 0 Å². The van der Waals surface area contributed by atoms with Gasteiger partial charge in [0.25, 0.3) is 0 Å². The molecule has 0 radical (unpaired) electrons. The SMILES string of the molecule is CC(C)(C)OC(=O)c1ccc(Cl)cc1C(=O)c1ccc(Cl)c2ooc12. The standard InChI is InChI=1S/C18H14Cl2O5/c1-18(2,3)23-17(22)10-5-4-9(19)8-12(10)14(21)11-6-7-13(20)16-15(11)24-25-16/h4-8H,1-3H3. The van der Waals surface area contributed by atoms with Crippen LogP contribution in [0.3, 0.4) is 0 Å². The van der Waals surface area contributed by atoms with E-state index in [1.54, 1.807) is 20.8 Å².